The molecule has 0 N–H and O–H groups in total. The minimum Gasteiger partial charge on any atom is -0.454 e. The Morgan fingerprint density at radius 2 is 1.96 bits per heavy atom. The molecule has 4 rings (SSSR count). The van der Waals surface area contributed by atoms with E-state index in [9.17, 15) is 9.18 Å². The van der Waals surface area contributed by atoms with E-state index in [0.717, 1.165) is 33.7 Å². The van der Waals surface area contributed by atoms with Crippen LogP contribution in [0.2, 0.25) is 0 Å². The molecule has 26 heavy (non-hydrogen) atoms. The van der Waals surface area contributed by atoms with Gasteiger partial charge in [0.25, 0.3) is 0 Å². The maximum atomic E-state index is 13.8. The summed E-state index contributed by atoms with van der Waals surface area (Å²) in [6.45, 7) is 2.25. The van der Waals surface area contributed by atoms with Crippen LogP contribution >= 0.6 is 11.8 Å². The first-order valence-electron chi connectivity index (χ1n) is 8.29. The molecule has 3 aromatic rings. The Morgan fingerprint density at radius 1 is 1.19 bits per heavy atom. The summed E-state index contributed by atoms with van der Waals surface area (Å²) in [6.07, 6.45) is 0.785. The second kappa shape index (κ2) is 6.96. The van der Waals surface area contributed by atoms with Crippen molar-refractivity contribution >= 4 is 28.4 Å². The van der Waals surface area contributed by atoms with Crippen LogP contribution in [0, 0.1) is 5.82 Å². The van der Waals surface area contributed by atoms with Gasteiger partial charge in [0.15, 0.2) is 17.3 Å². The summed E-state index contributed by atoms with van der Waals surface area (Å²) in [7, 11) is 0. The highest BCUT2D eigenvalue weighted by molar-refractivity contribution is 8.00. The van der Waals surface area contributed by atoms with E-state index in [1.807, 2.05) is 19.1 Å². The highest BCUT2D eigenvalue weighted by Crippen LogP contribution is 2.37. The number of thioether (sulfide) groups is 1. The lowest BCUT2D eigenvalue weighted by Gasteiger charge is -2.09. The van der Waals surface area contributed by atoms with Crippen LogP contribution in [-0.4, -0.2) is 23.3 Å². The number of carbonyl (C=O) groups excluding carboxylic acids is 1. The molecule has 0 unspecified atom stereocenters. The normalized spacial score (nSPS) is 12.5. The number of benzene rings is 2. The van der Waals surface area contributed by atoms with Crippen molar-refractivity contribution in [3.63, 3.8) is 0 Å². The van der Waals surface area contributed by atoms with Gasteiger partial charge in [-0.05, 0) is 36.2 Å². The molecule has 0 saturated carbocycles. The zero-order valence-corrected chi connectivity index (χ0v) is 14.9. The third kappa shape index (κ3) is 3.12. The third-order valence-corrected chi connectivity index (χ3v) is 5.28. The van der Waals surface area contributed by atoms with E-state index in [4.69, 9.17) is 14.5 Å². The van der Waals surface area contributed by atoms with Crippen molar-refractivity contribution in [3.8, 4) is 11.5 Å². The van der Waals surface area contributed by atoms with Crippen LogP contribution in [0.5, 0.6) is 11.5 Å². The molecule has 1 aromatic heterocycles. The van der Waals surface area contributed by atoms with Gasteiger partial charge in [0, 0.05) is 11.5 Å². The SMILES string of the molecule is CCc1cc2cc3c(cc2nc1SCC(=O)c1ccccc1F)OCO3. The van der Waals surface area contributed by atoms with Crippen LogP contribution in [0.3, 0.4) is 0 Å². The van der Waals surface area contributed by atoms with Crippen LogP contribution in [0.15, 0.2) is 47.5 Å². The third-order valence-electron chi connectivity index (χ3n) is 4.24. The fraction of sp³-hybridized carbons (Fsp3) is 0.200. The molecule has 4 nitrogen and oxygen atoms in total. The molecule has 2 heterocycles. The first-order valence-corrected chi connectivity index (χ1v) is 9.28. The molecule has 0 bridgehead atoms. The van der Waals surface area contributed by atoms with Crippen molar-refractivity contribution in [1.82, 2.24) is 4.98 Å². The van der Waals surface area contributed by atoms with Gasteiger partial charge in [0.05, 0.1) is 16.8 Å². The second-order valence-electron chi connectivity index (χ2n) is 5.90. The molecule has 0 radical (unpaired) electrons. The molecule has 132 valence electrons. The van der Waals surface area contributed by atoms with Crippen molar-refractivity contribution in [2.45, 2.75) is 18.4 Å². The van der Waals surface area contributed by atoms with E-state index in [2.05, 4.69) is 6.07 Å². The molecule has 0 fully saturated rings. The van der Waals surface area contributed by atoms with Crippen LogP contribution in [-0.2, 0) is 6.42 Å². The zero-order chi connectivity index (χ0) is 18.1. The summed E-state index contributed by atoms with van der Waals surface area (Å²) in [5.74, 6) is 0.789. The first-order chi connectivity index (χ1) is 12.7. The molecule has 6 heteroatoms. The van der Waals surface area contributed by atoms with Gasteiger partial charge in [-0.15, -0.1) is 0 Å². The number of ether oxygens (including phenoxy) is 2. The maximum Gasteiger partial charge on any atom is 0.231 e. The van der Waals surface area contributed by atoms with Gasteiger partial charge >= 0.3 is 0 Å². The largest absolute Gasteiger partial charge is 0.454 e. The second-order valence-corrected chi connectivity index (χ2v) is 6.86. The lowest BCUT2D eigenvalue weighted by Crippen LogP contribution is -2.06. The molecular weight excluding hydrogens is 353 g/mol. The number of halogens is 1. The Bertz CT molecular complexity index is 1010. The summed E-state index contributed by atoms with van der Waals surface area (Å²) in [6, 6.07) is 11.9. The van der Waals surface area contributed by atoms with Crippen molar-refractivity contribution in [2.24, 2.45) is 0 Å². The zero-order valence-electron chi connectivity index (χ0n) is 14.1. The Labute approximate surface area is 154 Å². The van der Waals surface area contributed by atoms with Crippen molar-refractivity contribution in [1.29, 1.82) is 0 Å². The molecule has 2 aromatic carbocycles. The molecule has 0 aliphatic carbocycles. The van der Waals surface area contributed by atoms with Gasteiger partial charge in [-0.2, -0.15) is 0 Å². The Morgan fingerprint density at radius 3 is 2.73 bits per heavy atom. The van der Waals surface area contributed by atoms with Crippen LogP contribution in [0.1, 0.15) is 22.8 Å². The molecule has 0 amide bonds. The number of aryl methyl sites for hydroxylation is 1. The topological polar surface area (TPSA) is 48.4 Å². The van der Waals surface area contributed by atoms with Gasteiger partial charge in [0.2, 0.25) is 6.79 Å². The summed E-state index contributed by atoms with van der Waals surface area (Å²) in [5.41, 5.74) is 1.94. The lowest BCUT2D eigenvalue weighted by molar-refractivity contribution is 0.101. The minimum absolute atomic E-state index is 0.113. The number of nitrogens with zero attached hydrogens (tertiary/aromatic N) is 1. The summed E-state index contributed by atoms with van der Waals surface area (Å²) in [5, 5.41) is 1.75. The predicted molar refractivity (Wildman–Crippen MR) is 98.7 cm³/mol. The summed E-state index contributed by atoms with van der Waals surface area (Å²) >= 11 is 1.33. The summed E-state index contributed by atoms with van der Waals surface area (Å²) < 4.78 is 24.6. The highest BCUT2D eigenvalue weighted by Gasteiger charge is 2.17. The van der Waals surface area contributed by atoms with Crippen LogP contribution < -0.4 is 9.47 Å². The smallest absolute Gasteiger partial charge is 0.231 e. The average molecular weight is 369 g/mol. The number of ketones is 1. The van der Waals surface area contributed by atoms with Crippen LogP contribution in [0.25, 0.3) is 10.9 Å². The van der Waals surface area contributed by atoms with E-state index in [-0.39, 0.29) is 23.9 Å². The maximum absolute atomic E-state index is 13.8. The van der Waals surface area contributed by atoms with Crippen molar-refractivity contribution in [2.75, 3.05) is 12.5 Å². The van der Waals surface area contributed by atoms with Gasteiger partial charge in [-0.1, -0.05) is 30.8 Å². The molecule has 0 atom stereocenters. The Balaban J connectivity index is 1.62. The Kier molecular flexibility index (Phi) is 4.51. The number of carbonyl (C=O) groups is 1. The van der Waals surface area contributed by atoms with Gasteiger partial charge in [-0.25, -0.2) is 9.37 Å². The number of fused-ring (bicyclic) bond motifs is 2. The van der Waals surface area contributed by atoms with Crippen molar-refractivity contribution in [3.05, 3.63) is 59.4 Å². The molecule has 1 aliphatic rings. The predicted octanol–water partition coefficient (Wildman–Crippen LogP) is 4.64. The molecule has 0 spiro atoms. The van der Waals surface area contributed by atoms with E-state index in [1.165, 1.54) is 23.9 Å². The Hall–Kier alpha value is -2.60. The number of hydrogen-bond donors (Lipinski definition) is 0. The number of Topliss-reactive ketones (excluding diaryl/α,β-unsaturated/α-hetero) is 1. The monoisotopic (exact) mass is 369 g/mol. The lowest BCUT2D eigenvalue weighted by atomic mass is 10.1. The van der Waals surface area contributed by atoms with Gasteiger partial charge in [-0.3, -0.25) is 4.79 Å². The fourth-order valence-corrected chi connectivity index (χ4v) is 3.84. The quantitative estimate of drug-likeness (QED) is 0.484. The number of aromatic nitrogens is 1. The standard InChI is InChI=1S/C20H16FNO3S/c1-2-12-7-13-8-18-19(25-11-24-18)9-16(13)22-20(12)26-10-17(23)14-5-3-4-6-15(14)21/h3-9H,2,10-11H2,1H3. The molecule has 0 saturated heterocycles. The highest BCUT2D eigenvalue weighted by atomic mass is 32.2. The first kappa shape index (κ1) is 16.8. The molecular formula is C20H16FNO3S. The number of pyridine rings is 1. The van der Waals surface area contributed by atoms with E-state index in [0.29, 0.717) is 5.75 Å². The van der Waals surface area contributed by atoms with E-state index >= 15 is 0 Å². The number of hydrogen-bond acceptors (Lipinski definition) is 5. The van der Waals surface area contributed by atoms with Crippen LogP contribution in [0.4, 0.5) is 4.39 Å². The van der Waals surface area contributed by atoms with Crippen molar-refractivity contribution < 1.29 is 18.7 Å². The van der Waals surface area contributed by atoms with Gasteiger partial charge in [0.1, 0.15) is 10.8 Å². The summed E-state index contributed by atoms with van der Waals surface area (Å²) in [4.78, 5) is 17.0. The van der Waals surface area contributed by atoms with E-state index < -0.39 is 5.82 Å². The minimum atomic E-state index is -0.493. The van der Waals surface area contributed by atoms with E-state index in [1.54, 1.807) is 12.1 Å². The average Bonchev–Trinajstić information content (AvgIpc) is 3.11. The fourth-order valence-electron chi connectivity index (χ4n) is 2.87. The molecule has 1 aliphatic heterocycles. The van der Waals surface area contributed by atoms with Gasteiger partial charge < -0.3 is 9.47 Å². The number of rotatable bonds is 5.